The van der Waals surface area contributed by atoms with Crippen molar-refractivity contribution in [1.82, 2.24) is 0 Å². The Bertz CT molecular complexity index is 588. The van der Waals surface area contributed by atoms with E-state index in [0.29, 0.717) is 6.61 Å². The SMILES string of the molecule is COC(=O)[C@H]1O[C@H]([C@H]2COC(C)(C)O2)[C@H](OCc2ccccc2)[C@H]1O. The predicted molar refractivity (Wildman–Crippen MR) is 86.6 cm³/mol. The Hall–Kier alpha value is -1.51. The van der Waals surface area contributed by atoms with E-state index < -0.39 is 42.3 Å². The van der Waals surface area contributed by atoms with Gasteiger partial charge in [-0.15, -0.1) is 0 Å². The smallest absolute Gasteiger partial charge is 0.337 e. The Morgan fingerprint density at radius 3 is 2.64 bits per heavy atom. The van der Waals surface area contributed by atoms with Crippen molar-refractivity contribution in [2.75, 3.05) is 13.7 Å². The molecule has 2 heterocycles. The lowest BCUT2D eigenvalue weighted by atomic mass is 10.0. The minimum atomic E-state index is -1.14. The van der Waals surface area contributed by atoms with Gasteiger partial charge in [0.2, 0.25) is 0 Å². The Balaban J connectivity index is 1.74. The average molecular weight is 352 g/mol. The number of carbonyl (C=O) groups excluding carboxylic acids is 1. The van der Waals surface area contributed by atoms with Crippen LogP contribution in [0.15, 0.2) is 30.3 Å². The van der Waals surface area contributed by atoms with Crippen molar-refractivity contribution in [2.24, 2.45) is 0 Å². The van der Waals surface area contributed by atoms with Gasteiger partial charge in [-0.3, -0.25) is 0 Å². The first-order chi connectivity index (χ1) is 11.9. The predicted octanol–water partition coefficient (Wildman–Crippen LogP) is 1.02. The molecule has 2 aliphatic heterocycles. The van der Waals surface area contributed by atoms with Gasteiger partial charge >= 0.3 is 5.97 Å². The van der Waals surface area contributed by atoms with E-state index in [9.17, 15) is 9.90 Å². The van der Waals surface area contributed by atoms with Crippen LogP contribution in [-0.4, -0.2) is 61.1 Å². The first kappa shape index (κ1) is 18.3. The van der Waals surface area contributed by atoms with Crippen molar-refractivity contribution in [1.29, 1.82) is 0 Å². The first-order valence-electron chi connectivity index (χ1n) is 8.30. The molecule has 0 saturated carbocycles. The van der Waals surface area contributed by atoms with Crippen LogP contribution in [0.2, 0.25) is 0 Å². The van der Waals surface area contributed by atoms with Crippen LogP contribution in [0.5, 0.6) is 0 Å². The number of ether oxygens (including phenoxy) is 5. The summed E-state index contributed by atoms with van der Waals surface area (Å²) in [5, 5.41) is 10.5. The monoisotopic (exact) mass is 352 g/mol. The number of esters is 1. The highest BCUT2D eigenvalue weighted by molar-refractivity contribution is 5.76. The third-order valence-electron chi connectivity index (χ3n) is 4.39. The molecule has 1 aromatic carbocycles. The number of aliphatic hydroxyl groups is 1. The Morgan fingerprint density at radius 2 is 2.04 bits per heavy atom. The fraction of sp³-hybridized carbons (Fsp3) is 0.611. The second-order valence-corrected chi connectivity index (χ2v) is 6.66. The molecule has 7 nitrogen and oxygen atoms in total. The van der Waals surface area contributed by atoms with Crippen LogP contribution in [0.3, 0.4) is 0 Å². The van der Waals surface area contributed by atoms with Gasteiger partial charge in [-0.25, -0.2) is 4.79 Å². The first-order valence-corrected chi connectivity index (χ1v) is 8.30. The van der Waals surface area contributed by atoms with E-state index in [-0.39, 0.29) is 6.61 Å². The van der Waals surface area contributed by atoms with Gasteiger partial charge in [0.15, 0.2) is 11.9 Å². The number of carbonyl (C=O) groups is 1. The molecule has 0 aromatic heterocycles. The zero-order chi connectivity index (χ0) is 18.0. The van der Waals surface area contributed by atoms with Crippen molar-refractivity contribution >= 4 is 5.97 Å². The zero-order valence-corrected chi connectivity index (χ0v) is 14.6. The summed E-state index contributed by atoms with van der Waals surface area (Å²) in [5.41, 5.74) is 0.957. The summed E-state index contributed by atoms with van der Waals surface area (Å²) in [6, 6.07) is 9.58. The summed E-state index contributed by atoms with van der Waals surface area (Å²) in [7, 11) is 1.25. The normalized spacial score (nSPS) is 34.2. The third-order valence-corrected chi connectivity index (χ3v) is 4.39. The molecule has 0 spiro atoms. The van der Waals surface area contributed by atoms with Crippen molar-refractivity contribution < 1.29 is 33.6 Å². The maximum atomic E-state index is 11.9. The minimum absolute atomic E-state index is 0.285. The molecule has 0 amide bonds. The van der Waals surface area contributed by atoms with E-state index in [1.54, 1.807) is 13.8 Å². The van der Waals surface area contributed by atoms with Crippen LogP contribution in [0.25, 0.3) is 0 Å². The van der Waals surface area contributed by atoms with E-state index >= 15 is 0 Å². The summed E-state index contributed by atoms with van der Waals surface area (Å²) in [6.07, 6.45) is -4.06. The molecule has 5 atom stereocenters. The Morgan fingerprint density at radius 1 is 1.32 bits per heavy atom. The van der Waals surface area contributed by atoms with Crippen LogP contribution in [0.4, 0.5) is 0 Å². The van der Waals surface area contributed by atoms with Crippen LogP contribution in [0, 0.1) is 0 Å². The van der Waals surface area contributed by atoms with Gasteiger partial charge in [-0.2, -0.15) is 0 Å². The maximum absolute atomic E-state index is 11.9. The van der Waals surface area contributed by atoms with Crippen LogP contribution in [-0.2, 0) is 35.1 Å². The molecule has 2 saturated heterocycles. The van der Waals surface area contributed by atoms with Gasteiger partial charge < -0.3 is 28.8 Å². The van der Waals surface area contributed by atoms with E-state index in [4.69, 9.17) is 23.7 Å². The maximum Gasteiger partial charge on any atom is 0.337 e. The molecule has 1 N–H and O–H groups in total. The Kier molecular flexibility index (Phi) is 5.41. The van der Waals surface area contributed by atoms with E-state index in [2.05, 4.69) is 0 Å². The van der Waals surface area contributed by atoms with Crippen molar-refractivity contribution in [3.8, 4) is 0 Å². The fourth-order valence-corrected chi connectivity index (χ4v) is 3.14. The van der Waals surface area contributed by atoms with Gasteiger partial charge in [0.25, 0.3) is 0 Å². The summed E-state index contributed by atoms with van der Waals surface area (Å²) >= 11 is 0. The molecule has 138 valence electrons. The van der Waals surface area contributed by atoms with Crippen LogP contribution >= 0.6 is 0 Å². The van der Waals surface area contributed by atoms with E-state index in [1.807, 2.05) is 30.3 Å². The molecular formula is C18H24O7. The lowest BCUT2D eigenvalue weighted by molar-refractivity contribution is -0.171. The number of aliphatic hydroxyl groups excluding tert-OH is 1. The highest BCUT2D eigenvalue weighted by atomic mass is 16.8. The molecule has 7 heteroatoms. The highest BCUT2D eigenvalue weighted by Crippen LogP contribution is 2.34. The lowest BCUT2D eigenvalue weighted by Gasteiger charge is -2.25. The van der Waals surface area contributed by atoms with E-state index in [1.165, 1.54) is 7.11 Å². The van der Waals surface area contributed by atoms with Gasteiger partial charge in [-0.05, 0) is 19.4 Å². The minimum Gasteiger partial charge on any atom is -0.467 e. The largest absolute Gasteiger partial charge is 0.467 e. The van der Waals surface area contributed by atoms with Crippen molar-refractivity contribution in [3.63, 3.8) is 0 Å². The zero-order valence-electron chi connectivity index (χ0n) is 14.6. The molecule has 2 fully saturated rings. The highest BCUT2D eigenvalue weighted by Gasteiger charge is 2.54. The number of hydrogen-bond acceptors (Lipinski definition) is 7. The molecule has 0 unspecified atom stereocenters. The molecule has 1 aromatic rings. The van der Waals surface area contributed by atoms with Crippen LogP contribution in [0.1, 0.15) is 19.4 Å². The standard InChI is InChI=1S/C18H24O7/c1-18(2)23-10-12(25-18)14-15(13(19)16(24-14)17(20)21-3)22-9-11-7-5-4-6-8-11/h4-8,12-16,19H,9-10H2,1-3H3/t12-,13-,14-,15-,16+/m1/s1. The molecule has 0 bridgehead atoms. The number of hydrogen-bond donors (Lipinski definition) is 1. The van der Waals surface area contributed by atoms with Gasteiger partial charge in [0.05, 0.1) is 20.3 Å². The van der Waals surface area contributed by atoms with Crippen molar-refractivity contribution in [3.05, 3.63) is 35.9 Å². The Labute approximate surface area is 146 Å². The summed E-state index contributed by atoms with van der Waals surface area (Å²) in [4.78, 5) is 11.9. The fourth-order valence-electron chi connectivity index (χ4n) is 3.14. The number of rotatable bonds is 5. The van der Waals surface area contributed by atoms with Crippen LogP contribution < -0.4 is 0 Å². The molecule has 25 heavy (non-hydrogen) atoms. The second-order valence-electron chi connectivity index (χ2n) is 6.66. The number of benzene rings is 1. The topological polar surface area (TPSA) is 83.5 Å². The molecule has 2 aliphatic rings. The molecule has 3 rings (SSSR count). The molecule has 0 radical (unpaired) electrons. The van der Waals surface area contributed by atoms with E-state index in [0.717, 1.165) is 5.56 Å². The average Bonchev–Trinajstić information content (AvgIpc) is 3.12. The summed E-state index contributed by atoms with van der Waals surface area (Å²) in [6.45, 7) is 4.18. The third kappa shape index (κ3) is 4.02. The summed E-state index contributed by atoms with van der Waals surface area (Å²) in [5.74, 6) is -1.38. The van der Waals surface area contributed by atoms with Gasteiger partial charge in [0, 0.05) is 0 Å². The summed E-state index contributed by atoms with van der Waals surface area (Å²) < 4.78 is 27.8. The molecule has 0 aliphatic carbocycles. The van der Waals surface area contributed by atoms with Crippen molar-refractivity contribution in [2.45, 2.75) is 56.8 Å². The second kappa shape index (κ2) is 7.39. The lowest BCUT2D eigenvalue weighted by Crippen LogP contribution is -2.43. The molecular weight excluding hydrogens is 328 g/mol. The number of methoxy groups -OCH3 is 1. The van der Waals surface area contributed by atoms with Gasteiger partial charge in [0.1, 0.15) is 24.4 Å². The van der Waals surface area contributed by atoms with Gasteiger partial charge in [-0.1, -0.05) is 30.3 Å². The quantitative estimate of drug-likeness (QED) is 0.792.